The maximum absolute atomic E-state index is 11.8. The molecule has 2 rings (SSSR count). The zero-order valence-corrected chi connectivity index (χ0v) is 12.9. The van der Waals surface area contributed by atoms with Gasteiger partial charge in [0.2, 0.25) is 0 Å². The number of hydrogen-bond donors (Lipinski definition) is 0. The van der Waals surface area contributed by atoms with Crippen molar-refractivity contribution < 1.29 is 9.53 Å². The van der Waals surface area contributed by atoms with Crippen LogP contribution in [0.2, 0.25) is 0 Å². The number of thiophene rings is 1. The molecule has 100 valence electrons. The fraction of sp³-hybridized carbons (Fsp3) is 0.214. The van der Waals surface area contributed by atoms with Crippen molar-refractivity contribution in [2.45, 2.75) is 13.2 Å². The molecule has 2 aromatic rings. The second-order valence-corrected chi connectivity index (χ2v) is 6.35. The minimum atomic E-state index is -0.318. The molecule has 0 bridgehead atoms. The molecule has 0 fully saturated rings. The fourth-order valence-corrected chi connectivity index (χ4v) is 2.80. The molecule has 0 unspecified atom stereocenters. The number of amides is 1. The van der Waals surface area contributed by atoms with E-state index in [9.17, 15) is 4.79 Å². The lowest BCUT2D eigenvalue weighted by Crippen LogP contribution is -2.26. The third-order valence-corrected chi connectivity index (χ3v) is 4.43. The summed E-state index contributed by atoms with van der Waals surface area (Å²) in [6.07, 6.45) is -0.318. The summed E-state index contributed by atoms with van der Waals surface area (Å²) in [4.78, 5) is 13.4. The van der Waals surface area contributed by atoms with Gasteiger partial charge in [-0.1, -0.05) is 30.3 Å². The monoisotopic (exact) mass is 339 g/mol. The number of hydrogen-bond acceptors (Lipinski definition) is 3. The van der Waals surface area contributed by atoms with Crippen LogP contribution in [-0.4, -0.2) is 18.0 Å². The van der Waals surface area contributed by atoms with Gasteiger partial charge in [-0.25, -0.2) is 4.79 Å². The minimum Gasteiger partial charge on any atom is -0.445 e. The fourth-order valence-electron chi connectivity index (χ4n) is 1.58. The second-order valence-electron chi connectivity index (χ2n) is 4.12. The summed E-state index contributed by atoms with van der Waals surface area (Å²) < 4.78 is 6.30. The Hall–Kier alpha value is -1.33. The van der Waals surface area contributed by atoms with E-state index in [0.29, 0.717) is 13.2 Å². The van der Waals surface area contributed by atoms with Gasteiger partial charge >= 0.3 is 6.09 Å². The van der Waals surface area contributed by atoms with Gasteiger partial charge in [-0.3, -0.25) is 0 Å². The van der Waals surface area contributed by atoms with Crippen molar-refractivity contribution in [1.82, 2.24) is 4.90 Å². The number of nitrogens with zero attached hydrogens (tertiary/aromatic N) is 1. The molecule has 0 atom stereocenters. The molecule has 1 aromatic heterocycles. The van der Waals surface area contributed by atoms with Crippen molar-refractivity contribution in [3.8, 4) is 0 Å². The molecule has 1 amide bonds. The summed E-state index contributed by atoms with van der Waals surface area (Å²) in [6, 6.07) is 11.7. The van der Waals surface area contributed by atoms with E-state index in [1.165, 1.54) is 0 Å². The molecule has 0 aliphatic heterocycles. The first-order chi connectivity index (χ1) is 9.16. The maximum Gasteiger partial charge on any atom is 0.410 e. The van der Waals surface area contributed by atoms with Gasteiger partial charge < -0.3 is 9.64 Å². The van der Waals surface area contributed by atoms with Crippen molar-refractivity contribution in [1.29, 1.82) is 0 Å². The van der Waals surface area contributed by atoms with Crippen LogP contribution in [0.25, 0.3) is 0 Å². The van der Waals surface area contributed by atoms with E-state index in [-0.39, 0.29) is 6.09 Å². The Kier molecular flexibility index (Phi) is 4.99. The first-order valence-corrected chi connectivity index (χ1v) is 7.48. The van der Waals surface area contributed by atoms with E-state index in [0.717, 1.165) is 14.9 Å². The van der Waals surface area contributed by atoms with Crippen molar-refractivity contribution in [2.24, 2.45) is 0 Å². The smallest absolute Gasteiger partial charge is 0.410 e. The molecule has 3 nitrogen and oxygen atoms in total. The Morgan fingerprint density at radius 1 is 1.32 bits per heavy atom. The molecule has 0 aliphatic carbocycles. The molecule has 1 heterocycles. The Balaban J connectivity index is 1.84. The van der Waals surface area contributed by atoms with E-state index in [2.05, 4.69) is 15.9 Å². The van der Waals surface area contributed by atoms with Crippen LogP contribution in [0.3, 0.4) is 0 Å². The number of ether oxygens (including phenoxy) is 1. The summed E-state index contributed by atoms with van der Waals surface area (Å²) >= 11 is 5.07. The molecule has 0 saturated carbocycles. The highest BCUT2D eigenvalue weighted by Crippen LogP contribution is 2.24. The molecule has 0 aliphatic rings. The Morgan fingerprint density at radius 3 is 2.68 bits per heavy atom. The van der Waals surface area contributed by atoms with Crippen LogP contribution < -0.4 is 0 Å². The summed E-state index contributed by atoms with van der Waals surface area (Å²) in [5, 5.41) is 1.99. The molecule has 0 radical (unpaired) electrons. The zero-order valence-electron chi connectivity index (χ0n) is 10.5. The van der Waals surface area contributed by atoms with Crippen LogP contribution in [-0.2, 0) is 17.9 Å². The van der Waals surface area contributed by atoms with E-state index < -0.39 is 0 Å². The van der Waals surface area contributed by atoms with Crippen molar-refractivity contribution in [2.75, 3.05) is 7.05 Å². The highest BCUT2D eigenvalue weighted by atomic mass is 79.9. The van der Waals surface area contributed by atoms with Crippen molar-refractivity contribution in [3.63, 3.8) is 0 Å². The van der Waals surface area contributed by atoms with Crippen LogP contribution in [0.4, 0.5) is 4.79 Å². The van der Waals surface area contributed by atoms with Gasteiger partial charge in [0.05, 0.1) is 10.3 Å². The summed E-state index contributed by atoms with van der Waals surface area (Å²) in [5.74, 6) is 0. The van der Waals surface area contributed by atoms with Crippen LogP contribution in [0.15, 0.2) is 45.6 Å². The third kappa shape index (κ3) is 4.08. The topological polar surface area (TPSA) is 29.5 Å². The Morgan fingerprint density at radius 2 is 2.05 bits per heavy atom. The predicted octanol–water partition coefficient (Wildman–Crippen LogP) is 4.28. The highest BCUT2D eigenvalue weighted by molar-refractivity contribution is 9.11. The van der Waals surface area contributed by atoms with E-state index >= 15 is 0 Å². The van der Waals surface area contributed by atoms with Gasteiger partial charge in [-0.2, -0.15) is 0 Å². The van der Waals surface area contributed by atoms with Gasteiger partial charge in [0.25, 0.3) is 0 Å². The minimum absolute atomic E-state index is 0.300. The SMILES string of the molecule is CN(Cc1ccsc1Br)C(=O)OCc1ccccc1. The average Bonchev–Trinajstić information content (AvgIpc) is 2.82. The lowest BCUT2D eigenvalue weighted by molar-refractivity contribution is 0.103. The van der Waals surface area contributed by atoms with Gasteiger partial charge in [-0.15, -0.1) is 11.3 Å². The zero-order chi connectivity index (χ0) is 13.7. The van der Waals surface area contributed by atoms with Crippen molar-refractivity contribution >= 4 is 33.4 Å². The number of halogens is 1. The Labute approximate surface area is 124 Å². The van der Waals surface area contributed by atoms with E-state index in [4.69, 9.17) is 4.74 Å². The van der Waals surface area contributed by atoms with E-state index in [1.807, 2.05) is 41.8 Å². The van der Waals surface area contributed by atoms with Gasteiger partial charge in [0.1, 0.15) is 6.61 Å². The molecule has 0 N–H and O–H groups in total. The average molecular weight is 340 g/mol. The van der Waals surface area contributed by atoms with Crippen molar-refractivity contribution in [3.05, 3.63) is 56.7 Å². The highest BCUT2D eigenvalue weighted by Gasteiger charge is 2.12. The summed E-state index contributed by atoms with van der Waals surface area (Å²) in [6.45, 7) is 0.840. The lowest BCUT2D eigenvalue weighted by atomic mass is 10.2. The van der Waals surface area contributed by atoms with Gasteiger partial charge in [0, 0.05) is 7.05 Å². The Bertz CT molecular complexity index is 541. The first-order valence-electron chi connectivity index (χ1n) is 5.80. The quantitative estimate of drug-likeness (QED) is 0.831. The number of benzene rings is 1. The van der Waals surface area contributed by atoms with Gasteiger partial charge in [-0.05, 0) is 38.5 Å². The van der Waals surface area contributed by atoms with Crippen LogP contribution in [0.5, 0.6) is 0 Å². The first kappa shape index (κ1) is 14.1. The van der Waals surface area contributed by atoms with E-state index in [1.54, 1.807) is 23.3 Å². The van der Waals surface area contributed by atoms with Crippen LogP contribution >= 0.6 is 27.3 Å². The maximum atomic E-state index is 11.8. The number of carbonyl (C=O) groups excluding carboxylic acids is 1. The van der Waals surface area contributed by atoms with Gasteiger partial charge in [0.15, 0.2) is 0 Å². The summed E-state index contributed by atoms with van der Waals surface area (Å²) in [5.41, 5.74) is 2.07. The molecule has 0 spiro atoms. The third-order valence-electron chi connectivity index (χ3n) is 2.62. The molecule has 0 saturated heterocycles. The van der Waals surface area contributed by atoms with Crippen LogP contribution in [0.1, 0.15) is 11.1 Å². The molecule has 19 heavy (non-hydrogen) atoms. The number of carbonyl (C=O) groups is 1. The molecular formula is C14H14BrNO2S. The van der Waals surface area contributed by atoms with Crippen LogP contribution in [0, 0.1) is 0 Å². The largest absolute Gasteiger partial charge is 0.445 e. The standard InChI is InChI=1S/C14H14BrNO2S/c1-16(9-12-7-8-19-13(12)15)14(17)18-10-11-5-3-2-4-6-11/h2-8H,9-10H2,1H3. The molecule has 5 heteroatoms. The normalized spacial score (nSPS) is 10.2. The molecule has 1 aromatic carbocycles. The summed E-state index contributed by atoms with van der Waals surface area (Å²) in [7, 11) is 1.73. The molecular weight excluding hydrogens is 326 g/mol. The second kappa shape index (κ2) is 6.73. The predicted molar refractivity (Wildman–Crippen MR) is 80.1 cm³/mol. The lowest BCUT2D eigenvalue weighted by Gasteiger charge is -2.16. The number of rotatable bonds is 4.